The molecule has 1 atom stereocenters. The number of carboxylic acid groups (broad SMARTS) is 1. The second-order valence-corrected chi connectivity index (χ2v) is 4.60. The standard InChI is InChI=1S/C14H18N2O6/c1-2-4-9(14(22)15-7-11(18)19)16-13(21)8-5-3-6-10(17)12(8)20/h3,5-6,9,17,20H,2,4,7H2,1H3,(H,15,22)(H,16,21)(H,18,19)/t9-/m1/s1. The molecular weight excluding hydrogens is 292 g/mol. The highest BCUT2D eigenvalue weighted by atomic mass is 16.4. The van der Waals surface area contributed by atoms with Gasteiger partial charge in [0, 0.05) is 0 Å². The van der Waals surface area contributed by atoms with E-state index in [4.69, 9.17) is 5.11 Å². The van der Waals surface area contributed by atoms with Crippen molar-refractivity contribution in [3.63, 3.8) is 0 Å². The summed E-state index contributed by atoms with van der Waals surface area (Å²) < 4.78 is 0. The van der Waals surface area contributed by atoms with Crippen LogP contribution in [0.2, 0.25) is 0 Å². The van der Waals surface area contributed by atoms with Crippen LogP contribution in [-0.2, 0) is 9.59 Å². The van der Waals surface area contributed by atoms with Crippen LogP contribution < -0.4 is 10.6 Å². The molecule has 0 saturated carbocycles. The first-order valence-electron chi connectivity index (χ1n) is 6.68. The minimum Gasteiger partial charge on any atom is -0.504 e. The number of nitrogens with one attached hydrogen (secondary N) is 2. The van der Waals surface area contributed by atoms with Gasteiger partial charge < -0.3 is 26.0 Å². The molecule has 0 radical (unpaired) electrons. The molecule has 0 heterocycles. The number of phenolic OH excluding ortho intramolecular Hbond substituents is 2. The van der Waals surface area contributed by atoms with E-state index >= 15 is 0 Å². The van der Waals surface area contributed by atoms with Crippen LogP contribution in [0.1, 0.15) is 30.1 Å². The Morgan fingerprint density at radius 1 is 1.23 bits per heavy atom. The highest BCUT2D eigenvalue weighted by molar-refractivity contribution is 6.00. The first-order valence-corrected chi connectivity index (χ1v) is 6.68. The number of carbonyl (C=O) groups excluding carboxylic acids is 2. The molecule has 0 aliphatic heterocycles. The van der Waals surface area contributed by atoms with E-state index in [2.05, 4.69) is 10.6 Å². The van der Waals surface area contributed by atoms with Gasteiger partial charge in [0.05, 0.1) is 5.56 Å². The molecule has 8 heteroatoms. The zero-order valence-corrected chi connectivity index (χ0v) is 12.0. The van der Waals surface area contributed by atoms with E-state index in [0.29, 0.717) is 12.8 Å². The van der Waals surface area contributed by atoms with Crippen LogP contribution in [0.15, 0.2) is 18.2 Å². The average Bonchev–Trinajstić information content (AvgIpc) is 2.46. The number of aromatic hydroxyl groups is 2. The maximum atomic E-state index is 12.1. The van der Waals surface area contributed by atoms with Crippen molar-refractivity contribution in [3.05, 3.63) is 23.8 Å². The smallest absolute Gasteiger partial charge is 0.322 e. The maximum absolute atomic E-state index is 12.1. The monoisotopic (exact) mass is 310 g/mol. The Bertz CT molecular complexity index is 572. The Kier molecular flexibility index (Phi) is 6.18. The number of rotatable bonds is 7. The van der Waals surface area contributed by atoms with E-state index in [-0.39, 0.29) is 5.56 Å². The number of benzene rings is 1. The summed E-state index contributed by atoms with van der Waals surface area (Å²) in [4.78, 5) is 34.4. The highest BCUT2D eigenvalue weighted by Crippen LogP contribution is 2.28. The maximum Gasteiger partial charge on any atom is 0.322 e. The summed E-state index contributed by atoms with van der Waals surface area (Å²) in [6.45, 7) is 1.25. The summed E-state index contributed by atoms with van der Waals surface area (Å²) in [5.74, 6) is -3.59. The van der Waals surface area contributed by atoms with Crippen LogP contribution >= 0.6 is 0 Å². The molecule has 0 bridgehead atoms. The molecule has 0 aliphatic carbocycles. The minimum atomic E-state index is -1.19. The Hall–Kier alpha value is -2.77. The topological polar surface area (TPSA) is 136 Å². The molecule has 1 aromatic carbocycles. The molecule has 1 rings (SSSR count). The Labute approximate surface area is 126 Å². The normalized spacial score (nSPS) is 11.5. The van der Waals surface area contributed by atoms with Crippen LogP contribution in [0.25, 0.3) is 0 Å². The van der Waals surface area contributed by atoms with Gasteiger partial charge in [-0.2, -0.15) is 0 Å². The predicted molar refractivity (Wildman–Crippen MR) is 76.6 cm³/mol. The largest absolute Gasteiger partial charge is 0.504 e. The quantitative estimate of drug-likeness (QED) is 0.456. The Morgan fingerprint density at radius 2 is 1.91 bits per heavy atom. The second kappa shape index (κ2) is 7.87. The SMILES string of the molecule is CCC[C@@H](NC(=O)c1cccc(O)c1O)C(=O)NCC(=O)O. The van der Waals surface area contributed by atoms with E-state index in [9.17, 15) is 24.6 Å². The molecule has 1 aromatic rings. The predicted octanol–water partition coefficient (Wildman–Crippen LogP) is 0.197. The first kappa shape index (κ1) is 17.3. The number of hydrogen-bond acceptors (Lipinski definition) is 5. The molecule has 0 unspecified atom stereocenters. The molecular formula is C14H18N2O6. The third-order valence-electron chi connectivity index (χ3n) is 2.87. The van der Waals surface area contributed by atoms with E-state index in [1.54, 1.807) is 6.92 Å². The third-order valence-corrected chi connectivity index (χ3v) is 2.87. The van der Waals surface area contributed by atoms with E-state index in [0.717, 1.165) is 0 Å². The molecule has 0 fully saturated rings. The molecule has 0 aromatic heterocycles. The summed E-state index contributed by atoms with van der Waals surface area (Å²) in [6, 6.07) is 2.96. The minimum absolute atomic E-state index is 0.174. The summed E-state index contributed by atoms with van der Waals surface area (Å²) in [7, 11) is 0. The van der Waals surface area contributed by atoms with Gasteiger partial charge in [0.1, 0.15) is 12.6 Å². The van der Waals surface area contributed by atoms with Gasteiger partial charge in [0.25, 0.3) is 5.91 Å². The van der Waals surface area contributed by atoms with Gasteiger partial charge in [-0.05, 0) is 18.6 Å². The lowest BCUT2D eigenvalue weighted by Gasteiger charge is -2.17. The highest BCUT2D eigenvalue weighted by Gasteiger charge is 2.23. The average molecular weight is 310 g/mol. The van der Waals surface area contributed by atoms with E-state index in [1.165, 1.54) is 18.2 Å². The number of aliphatic carboxylic acids is 1. The van der Waals surface area contributed by atoms with Crippen molar-refractivity contribution < 1.29 is 29.7 Å². The number of para-hydroxylation sites is 1. The lowest BCUT2D eigenvalue weighted by Crippen LogP contribution is -2.47. The lowest BCUT2D eigenvalue weighted by atomic mass is 10.1. The Morgan fingerprint density at radius 3 is 2.50 bits per heavy atom. The van der Waals surface area contributed by atoms with Crippen molar-refractivity contribution in [2.24, 2.45) is 0 Å². The Balaban J connectivity index is 2.81. The van der Waals surface area contributed by atoms with Crippen LogP contribution in [0.3, 0.4) is 0 Å². The van der Waals surface area contributed by atoms with Crippen molar-refractivity contribution in [3.8, 4) is 11.5 Å². The molecule has 120 valence electrons. The van der Waals surface area contributed by atoms with Crippen LogP contribution in [0, 0.1) is 0 Å². The lowest BCUT2D eigenvalue weighted by molar-refractivity contribution is -0.138. The van der Waals surface area contributed by atoms with Crippen molar-refractivity contribution in [2.75, 3.05) is 6.54 Å². The molecule has 0 aliphatic rings. The van der Waals surface area contributed by atoms with Crippen molar-refractivity contribution >= 4 is 17.8 Å². The molecule has 0 saturated heterocycles. The van der Waals surface area contributed by atoms with Gasteiger partial charge >= 0.3 is 5.97 Å². The van der Waals surface area contributed by atoms with Gasteiger partial charge in [-0.1, -0.05) is 19.4 Å². The summed E-state index contributed by atoms with van der Waals surface area (Å²) in [5.41, 5.74) is -0.174. The van der Waals surface area contributed by atoms with Gasteiger partial charge in [-0.25, -0.2) is 0 Å². The number of phenols is 2. The van der Waals surface area contributed by atoms with E-state index < -0.39 is 41.9 Å². The fraction of sp³-hybridized carbons (Fsp3) is 0.357. The second-order valence-electron chi connectivity index (χ2n) is 4.60. The van der Waals surface area contributed by atoms with Gasteiger partial charge in [-0.15, -0.1) is 0 Å². The van der Waals surface area contributed by atoms with Gasteiger partial charge in [0.15, 0.2) is 11.5 Å². The number of carboxylic acids is 1. The van der Waals surface area contributed by atoms with Crippen LogP contribution in [0.5, 0.6) is 11.5 Å². The molecule has 0 spiro atoms. The van der Waals surface area contributed by atoms with Gasteiger partial charge in [0.2, 0.25) is 5.91 Å². The van der Waals surface area contributed by atoms with Crippen molar-refractivity contribution in [2.45, 2.75) is 25.8 Å². The zero-order valence-electron chi connectivity index (χ0n) is 12.0. The fourth-order valence-corrected chi connectivity index (χ4v) is 1.79. The number of carbonyl (C=O) groups is 3. The molecule has 22 heavy (non-hydrogen) atoms. The van der Waals surface area contributed by atoms with Crippen LogP contribution in [0.4, 0.5) is 0 Å². The fourth-order valence-electron chi connectivity index (χ4n) is 1.79. The van der Waals surface area contributed by atoms with Crippen molar-refractivity contribution in [1.29, 1.82) is 0 Å². The summed E-state index contributed by atoms with van der Waals surface area (Å²) in [5, 5.41) is 32.1. The molecule has 8 nitrogen and oxygen atoms in total. The van der Waals surface area contributed by atoms with Crippen LogP contribution in [-0.4, -0.2) is 45.7 Å². The van der Waals surface area contributed by atoms with Gasteiger partial charge in [-0.3, -0.25) is 14.4 Å². The number of hydrogen-bond donors (Lipinski definition) is 5. The summed E-state index contributed by atoms with van der Waals surface area (Å²) >= 11 is 0. The first-order chi connectivity index (χ1) is 10.4. The van der Waals surface area contributed by atoms with Crippen molar-refractivity contribution in [1.82, 2.24) is 10.6 Å². The van der Waals surface area contributed by atoms with E-state index in [1.807, 2.05) is 0 Å². The number of amides is 2. The summed E-state index contributed by atoms with van der Waals surface area (Å²) in [6.07, 6.45) is 0.883. The molecule has 2 amide bonds. The third kappa shape index (κ3) is 4.65. The molecule has 5 N–H and O–H groups in total. The zero-order chi connectivity index (χ0) is 16.7.